The Hall–Kier alpha value is -1.88. The highest BCUT2D eigenvalue weighted by molar-refractivity contribution is 6.29. The maximum atomic E-state index is 13.3. The molecule has 1 aromatic carbocycles. The lowest BCUT2D eigenvalue weighted by Crippen LogP contribution is -1.97. The fourth-order valence-electron chi connectivity index (χ4n) is 1.18. The molecule has 0 aliphatic rings. The van der Waals surface area contributed by atoms with E-state index in [9.17, 15) is 8.78 Å². The van der Waals surface area contributed by atoms with Gasteiger partial charge in [-0.2, -0.15) is 9.37 Å². The van der Waals surface area contributed by atoms with Crippen LogP contribution in [-0.4, -0.2) is 4.98 Å². The Morgan fingerprint density at radius 3 is 2.71 bits per heavy atom. The number of pyridine rings is 1. The molecule has 0 atom stereocenters. The maximum Gasteiger partial charge on any atom is 0.244 e. The first-order chi connectivity index (χ1) is 8.08. The molecule has 0 aliphatic heterocycles. The number of nitrogen functional groups attached to an aromatic ring is 1. The van der Waals surface area contributed by atoms with Gasteiger partial charge in [-0.15, -0.1) is 0 Å². The molecule has 6 heteroatoms. The summed E-state index contributed by atoms with van der Waals surface area (Å²) in [6, 6.07) is 6.49. The van der Waals surface area contributed by atoms with Gasteiger partial charge in [0.25, 0.3) is 0 Å². The molecule has 0 radical (unpaired) electrons. The molecule has 1 aromatic heterocycles. The Bertz CT molecular complexity index is 563. The predicted octanol–water partition coefficient (Wildman–Crippen LogP) is 3.39. The Morgan fingerprint density at radius 2 is 1.94 bits per heavy atom. The third-order valence-electron chi connectivity index (χ3n) is 1.98. The van der Waals surface area contributed by atoms with Gasteiger partial charge in [0.1, 0.15) is 5.15 Å². The van der Waals surface area contributed by atoms with Crippen LogP contribution in [0.25, 0.3) is 0 Å². The van der Waals surface area contributed by atoms with E-state index in [2.05, 4.69) is 4.98 Å². The zero-order valence-corrected chi connectivity index (χ0v) is 9.21. The second-order valence-corrected chi connectivity index (χ2v) is 3.57. The number of hydrogen-bond acceptors (Lipinski definition) is 3. The van der Waals surface area contributed by atoms with E-state index >= 15 is 0 Å². The fourth-order valence-corrected chi connectivity index (χ4v) is 1.32. The maximum absolute atomic E-state index is 13.3. The summed E-state index contributed by atoms with van der Waals surface area (Å²) in [6.07, 6.45) is 0. The van der Waals surface area contributed by atoms with Crippen molar-refractivity contribution >= 4 is 17.3 Å². The van der Waals surface area contributed by atoms with Gasteiger partial charge in [-0.1, -0.05) is 17.7 Å². The lowest BCUT2D eigenvalue weighted by molar-refractivity contribution is 0.407. The topological polar surface area (TPSA) is 48.1 Å². The molecule has 88 valence electrons. The van der Waals surface area contributed by atoms with Crippen LogP contribution in [0.2, 0.25) is 5.15 Å². The number of benzene rings is 1. The summed E-state index contributed by atoms with van der Waals surface area (Å²) < 4.78 is 31.3. The van der Waals surface area contributed by atoms with Crippen molar-refractivity contribution in [3.63, 3.8) is 0 Å². The highest BCUT2D eigenvalue weighted by Gasteiger charge is 2.12. The van der Waals surface area contributed by atoms with Gasteiger partial charge in [-0.3, -0.25) is 0 Å². The molecular formula is C11H7ClF2N2O. The third-order valence-corrected chi connectivity index (χ3v) is 2.19. The number of ether oxygens (including phenoxy) is 1. The molecule has 2 N–H and O–H groups in total. The van der Waals surface area contributed by atoms with Crippen molar-refractivity contribution in [2.24, 2.45) is 0 Å². The van der Waals surface area contributed by atoms with Crippen molar-refractivity contribution in [2.75, 3.05) is 5.73 Å². The number of hydrogen-bond donors (Lipinski definition) is 1. The van der Waals surface area contributed by atoms with Crippen LogP contribution < -0.4 is 10.5 Å². The molecule has 0 saturated carbocycles. The monoisotopic (exact) mass is 256 g/mol. The average Bonchev–Trinajstić information content (AvgIpc) is 2.30. The molecule has 0 unspecified atom stereocenters. The SMILES string of the molecule is Nc1ccc(Cl)nc1Oc1cccc(F)c1F. The first kappa shape index (κ1) is 11.6. The molecular weight excluding hydrogens is 250 g/mol. The molecule has 17 heavy (non-hydrogen) atoms. The number of nitrogens with zero attached hydrogens (tertiary/aromatic N) is 1. The number of rotatable bonds is 2. The van der Waals surface area contributed by atoms with E-state index in [1.54, 1.807) is 0 Å². The van der Waals surface area contributed by atoms with E-state index in [1.165, 1.54) is 24.3 Å². The molecule has 3 nitrogen and oxygen atoms in total. The van der Waals surface area contributed by atoms with Crippen molar-refractivity contribution in [2.45, 2.75) is 0 Å². The van der Waals surface area contributed by atoms with Gasteiger partial charge in [-0.05, 0) is 24.3 Å². The van der Waals surface area contributed by atoms with Crippen LogP contribution in [0.4, 0.5) is 14.5 Å². The number of aromatic nitrogens is 1. The molecule has 0 aliphatic carbocycles. The van der Waals surface area contributed by atoms with E-state index in [1.807, 2.05) is 0 Å². The van der Waals surface area contributed by atoms with Gasteiger partial charge in [0.05, 0.1) is 5.69 Å². The molecule has 0 fully saturated rings. The second kappa shape index (κ2) is 4.55. The van der Waals surface area contributed by atoms with Crippen molar-refractivity contribution in [3.8, 4) is 11.6 Å². The smallest absolute Gasteiger partial charge is 0.244 e. The minimum Gasteiger partial charge on any atom is -0.434 e. The molecule has 0 saturated heterocycles. The van der Waals surface area contributed by atoms with Crippen molar-refractivity contribution in [1.29, 1.82) is 0 Å². The molecule has 1 heterocycles. The largest absolute Gasteiger partial charge is 0.434 e. The van der Waals surface area contributed by atoms with Gasteiger partial charge < -0.3 is 10.5 Å². The highest BCUT2D eigenvalue weighted by atomic mass is 35.5. The molecule has 0 spiro atoms. The predicted molar refractivity (Wildman–Crippen MR) is 60.1 cm³/mol. The third kappa shape index (κ3) is 2.45. The van der Waals surface area contributed by atoms with Crippen molar-refractivity contribution in [3.05, 3.63) is 47.1 Å². The minimum absolute atomic E-state index is 0.0676. The highest BCUT2D eigenvalue weighted by Crippen LogP contribution is 2.29. The normalized spacial score (nSPS) is 10.3. The summed E-state index contributed by atoms with van der Waals surface area (Å²) in [5.74, 6) is -2.48. The van der Waals surface area contributed by atoms with Gasteiger partial charge in [-0.25, -0.2) is 4.39 Å². The number of nitrogens with two attached hydrogens (primary N) is 1. The van der Waals surface area contributed by atoms with Crippen molar-refractivity contribution < 1.29 is 13.5 Å². The van der Waals surface area contributed by atoms with Gasteiger partial charge >= 0.3 is 0 Å². The minimum atomic E-state index is -1.10. The Labute approximate surface area is 101 Å². The second-order valence-electron chi connectivity index (χ2n) is 3.18. The Morgan fingerprint density at radius 1 is 1.18 bits per heavy atom. The standard InChI is InChI=1S/C11H7ClF2N2O/c12-9-5-4-7(15)11(16-9)17-8-3-1-2-6(13)10(8)14/h1-5H,15H2. The fraction of sp³-hybridized carbons (Fsp3) is 0. The van der Waals surface area contributed by atoms with E-state index in [-0.39, 0.29) is 22.5 Å². The lowest BCUT2D eigenvalue weighted by atomic mass is 10.3. The molecule has 2 rings (SSSR count). The quantitative estimate of drug-likeness (QED) is 0.838. The van der Waals surface area contributed by atoms with E-state index < -0.39 is 11.6 Å². The van der Waals surface area contributed by atoms with Crippen molar-refractivity contribution in [1.82, 2.24) is 4.98 Å². The van der Waals surface area contributed by atoms with E-state index in [0.717, 1.165) is 6.07 Å². The zero-order valence-electron chi connectivity index (χ0n) is 8.45. The first-order valence-electron chi connectivity index (χ1n) is 4.62. The lowest BCUT2D eigenvalue weighted by Gasteiger charge is -2.08. The Balaban J connectivity index is 2.38. The van der Waals surface area contributed by atoms with Gasteiger partial charge in [0, 0.05) is 0 Å². The van der Waals surface area contributed by atoms with E-state index in [4.69, 9.17) is 22.1 Å². The summed E-state index contributed by atoms with van der Waals surface area (Å²) >= 11 is 5.64. The number of halogens is 3. The Kier molecular flexibility index (Phi) is 3.10. The van der Waals surface area contributed by atoms with Crippen LogP contribution in [0.15, 0.2) is 30.3 Å². The summed E-state index contributed by atoms with van der Waals surface area (Å²) in [6.45, 7) is 0. The van der Waals surface area contributed by atoms with Gasteiger partial charge in [0.15, 0.2) is 11.6 Å². The van der Waals surface area contributed by atoms with Crippen LogP contribution >= 0.6 is 11.6 Å². The first-order valence-corrected chi connectivity index (χ1v) is 4.99. The number of anilines is 1. The van der Waals surface area contributed by atoms with Crippen LogP contribution in [0.5, 0.6) is 11.6 Å². The van der Waals surface area contributed by atoms with Crippen LogP contribution in [0, 0.1) is 11.6 Å². The molecule has 0 amide bonds. The summed E-state index contributed by atoms with van der Waals surface area (Å²) in [5.41, 5.74) is 5.74. The molecule has 2 aromatic rings. The van der Waals surface area contributed by atoms with Crippen LogP contribution in [-0.2, 0) is 0 Å². The zero-order chi connectivity index (χ0) is 12.4. The summed E-state index contributed by atoms with van der Waals surface area (Å²) in [7, 11) is 0. The summed E-state index contributed by atoms with van der Waals surface area (Å²) in [5, 5.41) is 0.144. The van der Waals surface area contributed by atoms with Crippen LogP contribution in [0.1, 0.15) is 0 Å². The van der Waals surface area contributed by atoms with Crippen LogP contribution in [0.3, 0.4) is 0 Å². The van der Waals surface area contributed by atoms with Gasteiger partial charge in [0.2, 0.25) is 11.7 Å². The average molecular weight is 257 g/mol. The molecule has 0 bridgehead atoms. The summed E-state index contributed by atoms with van der Waals surface area (Å²) in [4.78, 5) is 3.77. The van der Waals surface area contributed by atoms with E-state index in [0.29, 0.717) is 0 Å².